The van der Waals surface area contributed by atoms with Crippen molar-refractivity contribution in [2.75, 3.05) is 41.3 Å². The molecule has 0 aliphatic heterocycles. The van der Waals surface area contributed by atoms with Crippen LogP contribution in [0.5, 0.6) is 0 Å². The zero-order valence-electron chi connectivity index (χ0n) is 15.9. The third-order valence-electron chi connectivity index (χ3n) is 4.48. The lowest BCUT2D eigenvalue weighted by Gasteiger charge is -2.25. The Morgan fingerprint density at radius 2 is 1.04 bits per heavy atom. The van der Waals surface area contributed by atoms with Crippen molar-refractivity contribution < 1.29 is 0 Å². The summed E-state index contributed by atoms with van der Waals surface area (Å²) in [4.78, 5) is 4.43. The van der Waals surface area contributed by atoms with Crippen LogP contribution in [0.3, 0.4) is 0 Å². The van der Waals surface area contributed by atoms with Gasteiger partial charge >= 0.3 is 0 Å². The molecule has 25 heavy (non-hydrogen) atoms. The Balaban J connectivity index is 2.09. The van der Waals surface area contributed by atoms with Crippen LogP contribution in [0.15, 0.2) is 48.5 Å². The van der Waals surface area contributed by atoms with Gasteiger partial charge < -0.3 is 9.80 Å². The van der Waals surface area contributed by atoms with E-state index in [2.05, 4.69) is 95.8 Å². The van der Waals surface area contributed by atoms with Crippen LogP contribution in [0.4, 0.5) is 0 Å². The summed E-state index contributed by atoms with van der Waals surface area (Å²) in [6, 6.07) is 17.7. The van der Waals surface area contributed by atoms with Crippen molar-refractivity contribution in [2.45, 2.75) is 17.3 Å². The van der Waals surface area contributed by atoms with Crippen molar-refractivity contribution >= 4 is 21.9 Å². The number of thiol groups is 1. The SMILES string of the molecule is CN(C)CCc1ccc(C(P)(S)c2ccc(CCN(C)C)cc2)cc1. The molecule has 2 aromatic carbocycles. The quantitative estimate of drug-likeness (QED) is 0.553. The summed E-state index contributed by atoms with van der Waals surface area (Å²) < 4.78 is -0.361. The van der Waals surface area contributed by atoms with Gasteiger partial charge in [-0.05, 0) is 63.3 Å². The molecule has 0 aliphatic carbocycles. The van der Waals surface area contributed by atoms with Gasteiger partial charge in [-0.15, -0.1) is 9.24 Å². The molecule has 2 aromatic rings. The Morgan fingerprint density at radius 1 is 0.720 bits per heavy atom. The number of rotatable bonds is 8. The highest BCUT2D eigenvalue weighted by Crippen LogP contribution is 2.42. The minimum Gasteiger partial charge on any atom is -0.309 e. The average molecular weight is 375 g/mol. The van der Waals surface area contributed by atoms with E-state index in [-0.39, 0.29) is 4.49 Å². The highest BCUT2D eigenvalue weighted by Gasteiger charge is 2.24. The van der Waals surface area contributed by atoms with E-state index in [1.54, 1.807) is 0 Å². The number of benzene rings is 2. The van der Waals surface area contributed by atoms with Gasteiger partial charge in [-0.1, -0.05) is 48.5 Å². The second kappa shape index (κ2) is 9.19. The molecule has 2 nitrogen and oxygen atoms in total. The van der Waals surface area contributed by atoms with E-state index >= 15 is 0 Å². The molecule has 0 N–H and O–H groups in total. The van der Waals surface area contributed by atoms with Gasteiger partial charge in [0.2, 0.25) is 0 Å². The Kier molecular flexibility index (Phi) is 7.51. The summed E-state index contributed by atoms with van der Waals surface area (Å²) in [5, 5.41) is 0. The van der Waals surface area contributed by atoms with Crippen molar-refractivity contribution in [1.29, 1.82) is 0 Å². The van der Waals surface area contributed by atoms with E-state index < -0.39 is 0 Å². The third kappa shape index (κ3) is 6.11. The maximum absolute atomic E-state index is 4.95. The highest BCUT2D eigenvalue weighted by molar-refractivity contribution is 7.86. The van der Waals surface area contributed by atoms with Crippen molar-refractivity contribution in [1.82, 2.24) is 9.80 Å². The zero-order valence-corrected chi connectivity index (χ0v) is 17.9. The highest BCUT2D eigenvalue weighted by atomic mass is 32.1. The summed E-state index contributed by atoms with van der Waals surface area (Å²) in [6.45, 7) is 2.14. The Morgan fingerprint density at radius 3 is 1.32 bits per heavy atom. The number of hydrogen-bond donors (Lipinski definition) is 1. The van der Waals surface area contributed by atoms with E-state index in [0.717, 1.165) is 25.9 Å². The van der Waals surface area contributed by atoms with Gasteiger partial charge in [0.15, 0.2) is 0 Å². The molecule has 0 radical (unpaired) electrons. The van der Waals surface area contributed by atoms with Gasteiger partial charge in [0, 0.05) is 13.1 Å². The maximum atomic E-state index is 4.95. The van der Waals surface area contributed by atoms with Crippen LogP contribution >= 0.6 is 21.9 Å². The van der Waals surface area contributed by atoms with Crippen LogP contribution in [-0.4, -0.2) is 51.1 Å². The summed E-state index contributed by atoms with van der Waals surface area (Å²) in [5.41, 5.74) is 5.14. The van der Waals surface area contributed by atoms with E-state index in [0.29, 0.717) is 0 Å². The van der Waals surface area contributed by atoms with Crippen molar-refractivity contribution in [3.8, 4) is 0 Å². The first-order valence-corrected chi connectivity index (χ1v) is 9.81. The molecule has 0 spiro atoms. The number of hydrogen-bond acceptors (Lipinski definition) is 3. The standard InChI is InChI=1S/C21H31N2PS/c1-22(2)15-13-17-5-9-19(10-6-17)21(24,25)20-11-7-18(8-12-20)14-16-23(3)4/h5-12,25H,13-16,24H2,1-4H3. The largest absolute Gasteiger partial charge is 0.309 e. The molecule has 0 heterocycles. The van der Waals surface area contributed by atoms with Gasteiger partial charge in [-0.25, -0.2) is 0 Å². The number of nitrogens with zero attached hydrogens (tertiary/aromatic N) is 2. The Bertz CT molecular complexity index is 591. The average Bonchev–Trinajstić information content (AvgIpc) is 2.59. The molecule has 0 saturated heterocycles. The minimum absolute atomic E-state index is 0.361. The molecule has 0 saturated carbocycles. The Labute approximate surface area is 161 Å². The molecule has 0 aromatic heterocycles. The van der Waals surface area contributed by atoms with Gasteiger partial charge in [-0.2, -0.15) is 12.6 Å². The molecular formula is C21H31N2PS. The lowest BCUT2D eigenvalue weighted by Crippen LogP contribution is -2.16. The van der Waals surface area contributed by atoms with Crippen LogP contribution in [0.2, 0.25) is 0 Å². The third-order valence-corrected chi connectivity index (χ3v) is 5.67. The normalized spacial score (nSPS) is 12.2. The van der Waals surface area contributed by atoms with E-state index in [9.17, 15) is 0 Å². The molecule has 136 valence electrons. The molecule has 4 heteroatoms. The smallest absolute Gasteiger partial charge is 0.0764 e. The second-order valence-corrected chi connectivity index (χ2v) is 9.32. The first-order valence-electron chi connectivity index (χ1n) is 8.78. The van der Waals surface area contributed by atoms with Crippen molar-refractivity contribution in [2.24, 2.45) is 0 Å². The monoisotopic (exact) mass is 374 g/mol. The van der Waals surface area contributed by atoms with Crippen LogP contribution in [0, 0.1) is 0 Å². The number of likely N-dealkylation sites (N-methyl/N-ethyl adjacent to an activating group) is 2. The Hall–Kier alpha value is -0.860. The van der Waals surface area contributed by atoms with Gasteiger partial charge in [-0.3, -0.25) is 0 Å². The molecule has 1 unspecified atom stereocenters. The van der Waals surface area contributed by atoms with Gasteiger partial charge in [0.1, 0.15) is 0 Å². The molecule has 0 fully saturated rings. The second-order valence-electron chi connectivity index (χ2n) is 7.27. The van der Waals surface area contributed by atoms with Gasteiger partial charge in [0.25, 0.3) is 0 Å². The van der Waals surface area contributed by atoms with Crippen LogP contribution < -0.4 is 0 Å². The summed E-state index contributed by atoms with van der Waals surface area (Å²) in [7, 11) is 11.3. The summed E-state index contributed by atoms with van der Waals surface area (Å²) in [6.07, 6.45) is 2.15. The lowest BCUT2D eigenvalue weighted by molar-refractivity contribution is 0.413. The first-order chi connectivity index (χ1) is 11.8. The van der Waals surface area contributed by atoms with Crippen molar-refractivity contribution in [3.63, 3.8) is 0 Å². The van der Waals surface area contributed by atoms with Crippen molar-refractivity contribution in [3.05, 3.63) is 70.8 Å². The summed E-state index contributed by atoms with van der Waals surface area (Å²) in [5.74, 6) is 0. The fourth-order valence-electron chi connectivity index (χ4n) is 2.72. The lowest BCUT2D eigenvalue weighted by atomic mass is 9.99. The van der Waals surface area contributed by atoms with Gasteiger partial charge in [0.05, 0.1) is 4.49 Å². The van der Waals surface area contributed by atoms with E-state index in [4.69, 9.17) is 12.6 Å². The van der Waals surface area contributed by atoms with Crippen LogP contribution in [0.1, 0.15) is 22.3 Å². The maximum Gasteiger partial charge on any atom is 0.0764 e. The van der Waals surface area contributed by atoms with E-state index in [1.165, 1.54) is 22.3 Å². The van der Waals surface area contributed by atoms with E-state index in [1.807, 2.05) is 0 Å². The van der Waals surface area contributed by atoms with Crippen LogP contribution in [0.25, 0.3) is 0 Å². The molecule has 0 aliphatic rings. The molecule has 0 bridgehead atoms. The molecular weight excluding hydrogens is 343 g/mol. The molecule has 0 amide bonds. The predicted molar refractivity (Wildman–Crippen MR) is 117 cm³/mol. The fourth-order valence-corrected chi connectivity index (χ4v) is 3.41. The topological polar surface area (TPSA) is 6.48 Å². The predicted octanol–water partition coefficient (Wildman–Crippen LogP) is 3.90. The zero-order chi connectivity index (χ0) is 18.4. The molecule has 2 rings (SSSR count). The first kappa shape index (κ1) is 20.5. The molecule has 1 atom stereocenters. The fraction of sp³-hybridized carbons (Fsp3) is 0.429. The minimum atomic E-state index is -0.361. The summed E-state index contributed by atoms with van der Waals surface area (Å²) >= 11 is 4.95. The van der Waals surface area contributed by atoms with Crippen LogP contribution in [-0.2, 0) is 17.3 Å².